The highest BCUT2D eigenvalue weighted by atomic mass is 16.5. The molecule has 2 aromatic rings. The Morgan fingerprint density at radius 3 is 2.59 bits per heavy atom. The van der Waals surface area contributed by atoms with Gasteiger partial charge >= 0.3 is 5.97 Å². The lowest BCUT2D eigenvalue weighted by molar-refractivity contribution is -0.138. The number of carbonyl (C=O) groups excluding carboxylic acids is 1. The van der Waals surface area contributed by atoms with Crippen molar-refractivity contribution in [1.29, 1.82) is 0 Å². The molecule has 1 aromatic carbocycles. The highest BCUT2D eigenvalue weighted by molar-refractivity contribution is 5.91. The van der Waals surface area contributed by atoms with Crippen LogP contribution in [0.2, 0.25) is 0 Å². The van der Waals surface area contributed by atoms with Crippen LogP contribution in [0.4, 0.5) is 5.82 Å². The summed E-state index contributed by atoms with van der Waals surface area (Å²) in [5, 5.41) is 15.3. The van der Waals surface area contributed by atoms with E-state index in [-0.39, 0.29) is 18.7 Å². The number of hydrogen-bond acceptors (Lipinski definition) is 4. The lowest BCUT2D eigenvalue weighted by Crippen LogP contribution is -2.14. The third-order valence-corrected chi connectivity index (χ3v) is 2.98. The number of methoxy groups -OCH3 is 1. The second-order valence-corrected chi connectivity index (χ2v) is 4.69. The summed E-state index contributed by atoms with van der Waals surface area (Å²) >= 11 is 0. The monoisotopic (exact) mass is 303 g/mol. The largest absolute Gasteiger partial charge is 0.497 e. The van der Waals surface area contributed by atoms with Gasteiger partial charge in [0, 0.05) is 18.7 Å². The summed E-state index contributed by atoms with van der Waals surface area (Å²) in [5.41, 5.74) is 1.05. The molecule has 0 aliphatic carbocycles. The van der Waals surface area contributed by atoms with Gasteiger partial charge in [-0.15, -0.1) is 0 Å². The van der Waals surface area contributed by atoms with E-state index in [0.717, 1.165) is 11.3 Å². The lowest BCUT2D eigenvalue weighted by Gasteiger charge is -2.04. The summed E-state index contributed by atoms with van der Waals surface area (Å²) in [7, 11) is 1.61. The topological polar surface area (TPSA) is 93.5 Å². The van der Waals surface area contributed by atoms with E-state index in [9.17, 15) is 9.59 Å². The number of hydrogen-bond donors (Lipinski definition) is 2. The Bertz CT molecular complexity index is 649. The maximum Gasteiger partial charge on any atom is 0.303 e. The Morgan fingerprint density at radius 1 is 1.23 bits per heavy atom. The van der Waals surface area contributed by atoms with Crippen molar-refractivity contribution in [1.82, 2.24) is 9.78 Å². The van der Waals surface area contributed by atoms with Crippen LogP contribution in [0.5, 0.6) is 5.75 Å². The van der Waals surface area contributed by atoms with Crippen molar-refractivity contribution in [3.63, 3.8) is 0 Å². The first kappa shape index (κ1) is 15.6. The number of rotatable bonds is 7. The van der Waals surface area contributed by atoms with Crippen LogP contribution in [0.1, 0.15) is 18.4 Å². The molecule has 116 valence electrons. The fourth-order valence-corrected chi connectivity index (χ4v) is 1.86. The summed E-state index contributed by atoms with van der Waals surface area (Å²) in [6.07, 6.45) is 1.48. The van der Waals surface area contributed by atoms with E-state index in [4.69, 9.17) is 9.84 Å². The molecule has 0 unspecified atom stereocenters. The van der Waals surface area contributed by atoms with Gasteiger partial charge in [0.25, 0.3) is 0 Å². The molecule has 1 amide bonds. The Labute approximate surface area is 127 Å². The minimum absolute atomic E-state index is 0.0688. The van der Waals surface area contributed by atoms with Crippen LogP contribution in [-0.2, 0) is 16.1 Å². The number of carboxylic acids is 1. The molecule has 0 spiro atoms. The normalized spacial score (nSPS) is 10.2. The third-order valence-electron chi connectivity index (χ3n) is 2.98. The number of nitrogens with zero attached hydrogens (tertiary/aromatic N) is 2. The molecule has 0 bridgehead atoms. The van der Waals surface area contributed by atoms with Gasteiger partial charge in [-0.2, -0.15) is 5.10 Å². The molecule has 7 nitrogen and oxygen atoms in total. The van der Waals surface area contributed by atoms with Crippen LogP contribution in [0, 0.1) is 0 Å². The number of carbonyl (C=O) groups is 2. The smallest absolute Gasteiger partial charge is 0.303 e. The fourth-order valence-electron chi connectivity index (χ4n) is 1.86. The molecule has 1 aromatic heterocycles. The number of benzene rings is 1. The van der Waals surface area contributed by atoms with E-state index in [2.05, 4.69) is 10.4 Å². The number of nitrogens with one attached hydrogen (secondary N) is 1. The van der Waals surface area contributed by atoms with E-state index in [1.165, 1.54) is 0 Å². The summed E-state index contributed by atoms with van der Waals surface area (Å²) in [6.45, 7) is 0.564. The van der Waals surface area contributed by atoms with Crippen molar-refractivity contribution in [2.75, 3.05) is 12.4 Å². The van der Waals surface area contributed by atoms with Gasteiger partial charge in [-0.1, -0.05) is 12.1 Å². The first-order valence-corrected chi connectivity index (χ1v) is 6.75. The zero-order valence-corrected chi connectivity index (χ0v) is 12.2. The Kier molecular flexibility index (Phi) is 5.13. The van der Waals surface area contributed by atoms with Gasteiger partial charge in [0.2, 0.25) is 5.91 Å². The van der Waals surface area contributed by atoms with Crippen molar-refractivity contribution in [3.05, 3.63) is 42.1 Å². The average Bonchev–Trinajstić information content (AvgIpc) is 2.93. The van der Waals surface area contributed by atoms with Crippen molar-refractivity contribution in [2.45, 2.75) is 19.4 Å². The molecular formula is C15H17N3O4. The van der Waals surface area contributed by atoms with E-state index in [1.807, 2.05) is 24.3 Å². The maximum atomic E-state index is 11.5. The zero-order valence-electron chi connectivity index (χ0n) is 12.2. The molecule has 22 heavy (non-hydrogen) atoms. The summed E-state index contributed by atoms with van der Waals surface area (Å²) in [5.74, 6) is -0.170. The Hall–Kier alpha value is -2.83. The van der Waals surface area contributed by atoms with E-state index in [0.29, 0.717) is 12.4 Å². The number of ether oxygens (including phenoxy) is 1. The first-order valence-electron chi connectivity index (χ1n) is 6.75. The second kappa shape index (κ2) is 7.26. The van der Waals surface area contributed by atoms with Crippen molar-refractivity contribution in [3.8, 4) is 5.75 Å². The number of aliphatic carboxylic acids is 1. The van der Waals surface area contributed by atoms with E-state index in [1.54, 1.807) is 24.1 Å². The molecule has 0 fully saturated rings. The summed E-state index contributed by atoms with van der Waals surface area (Å²) < 4.78 is 6.78. The Morgan fingerprint density at radius 2 is 1.95 bits per heavy atom. The molecule has 0 saturated heterocycles. The second-order valence-electron chi connectivity index (χ2n) is 4.69. The summed E-state index contributed by atoms with van der Waals surface area (Å²) in [4.78, 5) is 21.9. The van der Waals surface area contributed by atoms with Crippen LogP contribution in [0.25, 0.3) is 0 Å². The quantitative estimate of drug-likeness (QED) is 0.812. The minimum Gasteiger partial charge on any atom is -0.497 e. The van der Waals surface area contributed by atoms with Gasteiger partial charge in [-0.25, -0.2) is 0 Å². The SMILES string of the molecule is COc1ccc(Cn2ccc(NC(=O)CCC(=O)O)n2)cc1. The molecule has 0 aliphatic heterocycles. The van der Waals surface area contributed by atoms with Crippen LogP contribution >= 0.6 is 0 Å². The standard InChI is InChI=1S/C15H17N3O4/c1-22-12-4-2-11(3-5-12)10-18-9-8-13(17-18)16-14(19)6-7-15(20)21/h2-5,8-9H,6-7,10H2,1H3,(H,20,21)(H,16,17,19). The van der Waals surface area contributed by atoms with Crippen LogP contribution in [0.3, 0.4) is 0 Å². The lowest BCUT2D eigenvalue weighted by atomic mass is 10.2. The molecular weight excluding hydrogens is 286 g/mol. The maximum absolute atomic E-state index is 11.5. The number of aromatic nitrogens is 2. The first-order chi connectivity index (χ1) is 10.6. The summed E-state index contributed by atoms with van der Waals surface area (Å²) in [6, 6.07) is 9.28. The molecule has 1 heterocycles. The molecule has 0 aliphatic rings. The number of carboxylic acid groups (broad SMARTS) is 1. The highest BCUT2D eigenvalue weighted by Crippen LogP contribution is 2.13. The third kappa shape index (κ3) is 4.62. The number of anilines is 1. The van der Waals surface area contributed by atoms with Gasteiger partial charge in [-0.05, 0) is 17.7 Å². The van der Waals surface area contributed by atoms with Crippen LogP contribution in [0.15, 0.2) is 36.5 Å². The zero-order chi connectivity index (χ0) is 15.9. The molecule has 0 atom stereocenters. The highest BCUT2D eigenvalue weighted by Gasteiger charge is 2.07. The molecule has 2 N–H and O–H groups in total. The van der Waals surface area contributed by atoms with Crippen LogP contribution < -0.4 is 10.1 Å². The van der Waals surface area contributed by atoms with Gasteiger partial charge in [-0.3, -0.25) is 14.3 Å². The van der Waals surface area contributed by atoms with Crippen molar-refractivity contribution in [2.24, 2.45) is 0 Å². The van der Waals surface area contributed by atoms with Gasteiger partial charge in [0.05, 0.1) is 20.1 Å². The fraction of sp³-hybridized carbons (Fsp3) is 0.267. The molecule has 0 radical (unpaired) electrons. The predicted molar refractivity (Wildman–Crippen MR) is 79.8 cm³/mol. The van der Waals surface area contributed by atoms with Crippen molar-refractivity contribution < 1.29 is 19.4 Å². The number of amides is 1. The van der Waals surface area contributed by atoms with Gasteiger partial charge in [0.1, 0.15) is 5.75 Å². The van der Waals surface area contributed by atoms with Gasteiger partial charge < -0.3 is 15.2 Å². The van der Waals surface area contributed by atoms with E-state index >= 15 is 0 Å². The van der Waals surface area contributed by atoms with Gasteiger partial charge in [0.15, 0.2) is 5.82 Å². The predicted octanol–water partition coefficient (Wildman–Crippen LogP) is 1.74. The Balaban J connectivity index is 1.90. The minimum atomic E-state index is -1.000. The van der Waals surface area contributed by atoms with Crippen LogP contribution in [-0.4, -0.2) is 33.9 Å². The molecule has 2 rings (SSSR count). The average molecular weight is 303 g/mol. The molecule has 0 saturated carbocycles. The molecule has 7 heteroatoms. The van der Waals surface area contributed by atoms with E-state index < -0.39 is 5.97 Å². The van der Waals surface area contributed by atoms with Crippen molar-refractivity contribution >= 4 is 17.7 Å².